The van der Waals surface area contributed by atoms with Gasteiger partial charge in [-0.05, 0) is 75.7 Å². The maximum atomic E-state index is 13.2. The van der Waals surface area contributed by atoms with Crippen LogP contribution in [0.1, 0.15) is 22.3 Å². The largest absolute Gasteiger partial charge is 0.504 e. The Bertz CT molecular complexity index is 1580. The molecule has 0 fully saturated rings. The predicted octanol–water partition coefficient (Wildman–Crippen LogP) is 4.80. The summed E-state index contributed by atoms with van der Waals surface area (Å²) in [6, 6.07) is 19.7. The van der Waals surface area contributed by atoms with Crippen LogP contribution in [0.4, 0.5) is 0 Å². The van der Waals surface area contributed by atoms with Gasteiger partial charge in [0.2, 0.25) is 0 Å². The Morgan fingerprint density at radius 2 is 1.41 bits per heavy atom. The highest BCUT2D eigenvalue weighted by atomic mass is 17.2. The molecule has 0 aliphatic heterocycles. The van der Waals surface area contributed by atoms with Crippen molar-refractivity contribution in [2.45, 2.75) is 6.42 Å². The molecule has 4 N–H and O–H groups in total. The van der Waals surface area contributed by atoms with Crippen molar-refractivity contribution in [1.29, 1.82) is 0 Å². The minimum Gasteiger partial charge on any atom is -0.504 e. The lowest BCUT2D eigenvalue weighted by Gasteiger charge is -2.09. The van der Waals surface area contributed by atoms with Gasteiger partial charge in [0.25, 0.3) is 0 Å². The second kappa shape index (κ2) is 9.43. The Hall–Kier alpha value is -5.24. The fourth-order valence-corrected chi connectivity index (χ4v) is 4.26. The van der Waals surface area contributed by atoms with E-state index in [1.165, 1.54) is 36.4 Å². The van der Waals surface area contributed by atoms with E-state index in [4.69, 9.17) is 9.78 Å². The number of hydrogen-bond acceptors (Lipinski definition) is 8. The summed E-state index contributed by atoms with van der Waals surface area (Å²) in [4.78, 5) is 35.0. The van der Waals surface area contributed by atoms with Crippen LogP contribution in [0.15, 0.2) is 78.9 Å². The Balaban J connectivity index is 1.43. The quantitative estimate of drug-likeness (QED) is 0.137. The van der Waals surface area contributed by atoms with Crippen LogP contribution in [0.25, 0.3) is 28.3 Å². The van der Waals surface area contributed by atoms with E-state index in [0.717, 1.165) is 22.8 Å². The molecule has 0 amide bonds. The summed E-state index contributed by atoms with van der Waals surface area (Å²) >= 11 is 0. The van der Waals surface area contributed by atoms with Crippen LogP contribution < -0.4 is 0 Å². The summed E-state index contributed by atoms with van der Waals surface area (Å²) < 4.78 is 0. The van der Waals surface area contributed by atoms with Crippen molar-refractivity contribution >= 4 is 29.2 Å². The zero-order chi connectivity index (χ0) is 26.1. The van der Waals surface area contributed by atoms with E-state index < -0.39 is 11.9 Å². The van der Waals surface area contributed by atoms with E-state index >= 15 is 0 Å². The molecule has 37 heavy (non-hydrogen) atoms. The standard InChI is InChI=1S/C29H20O8/c30-23-9-4-16(12-25(23)32)5-11-27(34)36-37-29(35)28-21-8-6-17-2-1-3-18(17)13-20(21)14-22(28)19-7-10-24(31)26(33)15-19/h1-13,15,30-33H,14H2/b11-5+. The van der Waals surface area contributed by atoms with Crippen LogP contribution in [-0.4, -0.2) is 32.4 Å². The summed E-state index contributed by atoms with van der Waals surface area (Å²) in [6.07, 6.45) is 2.66. The van der Waals surface area contributed by atoms with E-state index in [0.29, 0.717) is 28.7 Å². The minimum atomic E-state index is -0.971. The number of rotatable bonds is 4. The summed E-state index contributed by atoms with van der Waals surface area (Å²) in [5.74, 6) is -3.17. The molecule has 0 atom stereocenters. The normalized spacial score (nSPS) is 12.6. The van der Waals surface area contributed by atoms with E-state index in [9.17, 15) is 30.0 Å². The lowest BCUT2D eigenvalue weighted by molar-refractivity contribution is -0.249. The first-order valence-corrected chi connectivity index (χ1v) is 11.2. The molecule has 0 spiro atoms. The first-order valence-electron chi connectivity index (χ1n) is 11.2. The monoisotopic (exact) mass is 496 g/mol. The molecule has 3 aliphatic rings. The fourth-order valence-electron chi connectivity index (χ4n) is 4.26. The summed E-state index contributed by atoms with van der Waals surface area (Å²) in [6.45, 7) is 0. The topological polar surface area (TPSA) is 134 Å². The van der Waals surface area contributed by atoms with E-state index in [1.54, 1.807) is 12.1 Å². The van der Waals surface area contributed by atoms with Crippen molar-refractivity contribution in [2.75, 3.05) is 0 Å². The number of allylic oxidation sites excluding steroid dienone is 1. The van der Waals surface area contributed by atoms with Gasteiger partial charge in [0.05, 0.1) is 5.57 Å². The zero-order valence-corrected chi connectivity index (χ0v) is 19.2. The second-order valence-corrected chi connectivity index (χ2v) is 8.44. The van der Waals surface area contributed by atoms with Crippen LogP contribution >= 0.6 is 0 Å². The van der Waals surface area contributed by atoms with Gasteiger partial charge < -0.3 is 20.4 Å². The molecular formula is C29H20O8. The highest BCUT2D eigenvalue weighted by molar-refractivity contribution is 6.27. The maximum absolute atomic E-state index is 13.2. The Morgan fingerprint density at radius 1 is 0.703 bits per heavy atom. The molecule has 2 aromatic carbocycles. The highest BCUT2D eigenvalue weighted by Gasteiger charge is 2.30. The van der Waals surface area contributed by atoms with E-state index in [2.05, 4.69) is 0 Å². The number of fused-ring (bicyclic) bond motifs is 2. The third-order valence-electron chi connectivity index (χ3n) is 6.07. The molecule has 2 aromatic rings. The third-order valence-corrected chi connectivity index (χ3v) is 6.07. The number of carbonyl (C=O) groups excluding carboxylic acids is 2. The molecule has 3 aliphatic carbocycles. The van der Waals surface area contributed by atoms with Gasteiger partial charge in [-0.2, -0.15) is 0 Å². The van der Waals surface area contributed by atoms with Crippen LogP contribution in [-0.2, 0) is 25.8 Å². The summed E-state index contributed by atoms with van der Waals surface area (Å²) in [5.41, 5.74) is 5.02. The molecule has 8 nitrogen and oxygen atoms in total. The first kappa shape index (κ1) is 23.5. The summed E-state index contributed by atoms with van der Waals surface area (Å²) in [7, 11) is 0. The molecule has 5 rings (SSSR count). The van der Waals surface area contributed by atoms with Crippen molar-refractivity contribution in [3.63, 3.8) is 0 Å². The molecule has 0 heterocycles. The second-order valence-electron chi connectivity index (χ2n) is 8.44. The lowest BCUT2D eigenvalue weighted by Crippen LogP contribution is -2.11. The number of phenolic OH excluding ortho intramolecular Hbond substituents is 4. The van der Waals surface area contributed by atoms with Gasteiger partial charge in [-0.1, -0.05) is 48.5 Å². The molecule has 0 aromatic heterocycles. The van der Waals surface area contributed by atoms with Crippen LogP contribution in [0.5, 0.6) is 23.0 Å². The molecule has 0 unspecified atom stereocenters. The average molecular weight is 496 g/mol. The Kier molecular flexibility index (Phi) is 5.99. The van der Waals surface area contributed by atoms with Crippen LogP contribution in [0, 0.1) is 0 Å². The smallest absolute Gasteiger partial charge is 0.387 e. The molecule has 184 valence electrons. The van der Waals surface area contributed by atoms with E-state index in [-0.39, 0.29) is 28.6 Å². The zero-order valence-electron chi connectivity index (χ0n) is 19.2. The van der Waals surface area contributed by atoms with Crippen LogP contribution in [0.2, 0.25) is 0 Å². The number of benzene rings is 2. The fraction of sp³-hybridized carbons (Fsp3) is 0.0345. The number of phenols is 4. The van der Waals surface area contributed by atoms with Gasteiger partial charge in [-0.3, -0.25) is 0 Å². The SMILES string of the molecule is O=C(/C=C/c1ccc(O)c(O)c1)OOC(=O)C1=C(c2ccc(O)c(O)c2)Cc2cc3cccc-3ccc21. The molecule has 0 saturated heterocycles. The van der Waals surface area contributed by atoms with Gasteiger partial charge in [0, 0.05) is 6.08 Å². The highest BCUT2D eigenvalue weighted by Crippen LogP contribution is 2.42. The van der Waals surface area contributed by atoms with Crippen molar-refractivity contribution in [3.05, 3.63) is 101 Å². The van der Waals surface area contributed by atoms with Gasteiger partial charge >= 0.3 is 11.9 Å². The summed E-state index contributed by atoms with van der Waals surface area (Å²) in [5, 5.41) is 38.7. The van der Waals surface area contributed by atoms with E-state index in [1.807, 2.05) is 30.3 Å². The molecule has 0 radical (unpaired) electrons. The molecule has 0 bridgehead atoms. The van der Waals surface area contributed by atoms with Gasteiger partial charge in [0.1, 0.15) is 0 Å². The Morgan fingerprint density at radius 3 is 2.16 bits per heavy atom. The van der Waals surface area contributed by atoms with Gasteiger partial charge in [-0.25, -0.2) is 19.4 Å². The first-order chi connectivity index (χ1) is 17.8. The minimum absolute atomic E-state index is 0.165. The molecule has 0 saturated carbocycles. The van der Waals surface area contributed by atoms with Crippen molar-refractivity contribution in [3.8, 4) is 34.1 Å². The third kappa shape index (κ3) is 4.68. The Labute approximate surface area is 210 Å². The van der Waals surface area contributed by atoms with Crippen molar-refractivity contribution < 1.29 is 39.8 Å². The van der Waals surface area contributed by atoms with Gasteiger partial charge in [-0.15, -0.1) is 0 Å². The van der Waals surface area contributed by atoms with Crippen molar-refractivity contribution in [1.82, 2.24) is 0 Å². The molecule has 8 heteroatoms. The number of carbonyl (C=O) groups is 2. The number of aromatic hydroxyl groups is 4. The lowest BCUT2D eigenvalue weighted by atomic mass is 9.99. The average Bonchev–Trinajstić information content (AvgIpc) is 3.44. The van der Waals surface area contributed by atoms with Gasteiger partial charge in [0.15, 0.2) is 23.0 Å². The molecular weight excluding hydrogens is 476 g/mol. The number of hydrogen-bond donors (Lipinski definition) is 4. The van der Waals surface area contributed by atoms with Crippen LogP contribution in [0.3, 0.4) is 0 Å². The predicted molar refractivity (Wildman–Crippen MR) is 134 cm³/mol. The van der Waals surface area contributed by atoms with Crippen molar-refractivity contribution in [2.24, 2.45) is 0 Å². The maximum Gasteiger partial charge on any atom is 0.387 e.